The first-order valence-corrected chi connectivity index (χ1v) is 5.28. The van der Waals surface area contributed by atoms with Gasteiger partial charge in [0.05, 0.1) is 19.8 Å². The summed E-state index contributed by atoms with van der Waals surface area (Å²) in [4.78, 5) is 2.29. The predicted molar refractivity (Wildman–Crippen MR) is 58.5 cm³/mol. The molecule has 0 unspecified atom stereocenters. The Balaban J connectivity index is 3.06. The molecule has 0 saturated carbocycles. The molecule has 4 nitrogen and oxygen atoms in total. The van der Waals surface area contributed by atoms with Crippen LogP contribution >= 0.6 is 0 Å². The van der Waals surface area contributed by atoms with E-state index in [0.717, 1.165) is 19.6 Å². The normalized spacial score (nSPS) is 11.6. The number of likely N-dealkylation sites (N-methyl/N-ethyl adjacent to an activating group) is 1. The first-order chi connectivity index (χ1) is 6.68. The molecule has 14 heavy (non-hydrogen) atoms. The molecule has 0 heterocycles. The van der Waals surface area contributed by atoms with Crippen LogP contribution in [0.2, 0.25) is 0 Å². The van der Waals surface area contributed by atoms with Crippen LogP contribution in [-0.2, 0) is 4.74 Å². The van der Waals surface area contributed by atoms with E-state index < -0.39 is 0 Å². The van der Waals surface area contributed by atoms with Gasteiger partial charge in [0.15, 0.2) is 0 Å². The van der Waals surface area contributed by atoms with Gasteiger partial charge < -0.3 is 20.1 Å². The third kappa shape index (κ3) is 8.44. The van der Waals surface area contributed by atoms with Crippen molar-refractivity contribution < 1.29 is 9.84 Å². The molecule has 0 amide bonds. The van der Waals surface area contributed by atoms with Gasteiger partial charge in [0, 0.05) is 25.7 Å². The van der Waals surface area contributed by atoms with Crippen molar-refractivity contribution in [3.05, 3.63) is 0 Å². The van der Waals surface area contributed by atoms with Crippen LogP contribution in [0.5, 0.6) is 0 Å². The van der Waals surface area contributed by atoms with E-state index in [4.69, 9.17) is 9.84 Å². The molecule has 0 rings (SSSR count). The Labute approximate surface area is 87.2 Å². The second-order valence-electron chi connectivity index (χ2n) is 3.66. The second-order valence-corrected chi connectivity index (χ2v) is 3.66. The van der Waals surface area contributed by atoms with Crippen molar-refractivity contribution in [1.82, 2.24) is 10.2 Å². The van der Waals surface area contributed by atoms with Gasteiger partial charge in [0.25, 0.3) is 0 Å². The van der Waals surface area contributed by atoms with Crippen molar-refractivity contribution in [2.75, 3.05) is 46.5 Å². The molecule has 0 aromatic heterocycles. The fourth-order valence-electron chi connectivity index (χ4n) is 0.950. The summed E-state index contributed by atoms with van der Waals surface area (Å²) < 4.78 is 5.11. The Morgan fingerprint density at radius 1 is 1.29 bits per heavy atom. The first kappa shape index (κ1) is 13.8. The molecule has 2 N–H and O–H groups in total. The molecule has 0 saturated heterocycles. The molecule has 0 aliphatic rings. The van der Waals surface area contributed by atoms with E-state index in [1.165, 1.54) is 0 Å². The molecule has 0 aliphatic heterocycles. The van der Waals surface area contributed by atoms with E-state index in [0.29, 0.717) is 19.3 Å². The highest BCUT2D eigenvalue weighted by molar-refractivity contribution is 4.58. The number of nitrogens with one attached hydrogen (secondary N) is 1. The number of aliphatic hydroxyl groups excluding tert-OH is 1. The summed E-state index contributed by atoms with van der Waals surface area (Å²) in [7, 11) is 2.12. The molecule has 86 valence electrons. The maximum absolute atomic E-state index is 8.45. The fourth-order valence-corrected chi connectivity index (χ4v) is 0.950. The summed E-state index contributed by atoms with van der Waals surface area (Å²) in [5.74, 6) is 0. The quantitative estimate of drug-likeness (QED) is 0.516. The summed E-state index contributed by atoms with van der Waals surface area (Å²) in [5.41, 5.74) is 0. The summed E-state index contributed by atoms with van der Waals surface area (Å²) in [5, 5.41) is 11.7. The third-order valence-electron chi connectivity index (χ3n) is 2.18. The molecule has 4 heteroatoms. The van der Waals surface area contributed by atoms with Crippen molar-refractivity contribution in [2.24, 2.45) is 0 Å². The van der Waals surface area contributed by atoms with Crippen molar-refractivity contribution in [3.63, 3.8) is 0 Å². The zero-order valence-electron chi connectivity index (χ0n) is 9.62. The highest BCUT2D eigenvalue weighted by Gasteiger charge is 2.00. The molecule has 0 atom stereocenters. The lowest BCUT2D eigenvalue weighted by atomic mass is 10.3. The maximum Gasteiger partial charge on any atom is 0.0698 e. The number of ether oxygens (including phenoxy) is 1. The standard InChI is InChI=1S/C10H24N2O2/c1-10(2)12(3)6-4-11-5-8-14-9-7-13/h10-11,13H,4-9H2,1-3H3. The molecule has 0 spiro atoms. The smallest absolute Gasteiger partial charge is 0.0698 e. The van der Waals surface area contributed by atoms with E-state index >= 15 is 0 Å². The second kappa shape index (κ2) is 9.40. The number of aliphatic hydroxyl groups is 1. The van der Waals surface area contributed by atoms with Crippen LogP contribution in [0.1, 0.15) is 13.8 Å². The van der Waals surface area contributed by atoms with Gasteiger partial charge in [-0.3, -0.25) is 0 Å². The zero-order valence-corrected chi connectivity index (χ0v) is 9.62. The minimum Gasteiger partial charge on any atom is -0.394 e. The van der Waals surface area contributed by atoms with Crippen LogP contribution in [0.15, 0.2) is 0 Å². The Kier molecular flexibility index (Phi) is 9.29. The Hall–Kier alpha value is -0.160. The molecule has 0 fully saturated rings. The SMILES string of the molecule is CC(C)N(C)CCNCCOCCO. The van der Waals surface area contributed by atoms with Crippen molar-refractivity contribution in [2.45, 2.75) is 19.9 Å². The zero-order chi connectivity index (χ0) is 10.8. The maximum atomic E-state index is 8.45. The van der Waals surface area contributed by atoms with Crippen LogP contribution in [0, 0.1) is 0 Å². The summed E-state index contributed by atoms with van der Waals surface area (Å²) in [6.07, 6.45) is 0. The first-order valence-electron chi connectivity index (χ1n) is 5.28. The highest BCUT2D eigenvalue weighted by Crippen LogP contribution is 1.90. The molecular formula is C10H24N2O2. The van der Waals surface area contributed by atoms with Crippen LogP contribution in [-0.4, -0.2) is 62.6 Å². The van der Waals surface area contributed by atoms with Crippen molar-refractivity contribution >= 4 is 0 Å². The summed E-state index contributed by atoms with van der Waals surface area (Å²) >= 11 is 0. The van der Waals surface area contributed by atoms with E-state index in [1.807, 2.05) is 0 Å². The molecule has 0 aromatic carbocycles. The van der Waals surface area contributed by atoms with Crippen molar-refractivity contribution in [3.8, 4) is 0 Å². The van der Waals surface area contributed by atoms with E-state index in [9.17, 15) is 0 Å². The van der Waals surface area contributed by atoms with Gasteiger partial charge in [-0.05, 0) is 20.9 Å². The van der Waals surface area contributed by atoms with Crippen LogP contribution in [0.4, 0.5) is 0 Å². The third-order valence-corrected chi connectivity index (χ3v) is 2.18. The van der Waals surface area contributed by atoms with Crippen LogP contribution in [0.3, 0.4) is 0 Å². The van der Waals surface area contributed by atoms with Crippen LogP contribution in [0.25, 0.3) is 0 Å². The fraction of sp³-hybridized carbons (Fsp3) is 1.00. The summed E-state index contributed by atoms with van der Waals surface area (Å²) in [6.45, 7) is 8.48. The predicted octanol–water partition coefficient (Wildman–Crippen LogP) is -0.0749. The topological polar surface area (TPSA) is 44.7 Å². The number of nitrogens with zero attached hydrogens (tertiary/aromatic N) is 1. The van der Waals surface area contributed by atoms with E-state index in [1.54, 1.807) is 0 Å². The minimum absolute atomic E-state index is 0.107. The highest BCUT2D eigenvalue weighted by atomic mass is 16.5. The minimum atomic E-state index is 0.107. The Morgan fingerprint density at radius 2 is 2.00 bits per heavy atom. The Morgan fingerprint density at radius 3 is 2.57 bits per heavy atom. The van der Waals surface area contributed by atoms with Crippen LogP contribution < -0.4 is 5.32 Å². The van der Waals surface area contributed by atoms with Gasteiger partial charge in [-0.25, -0.2) is 0 Å². The lowest BCUT2D eigenvalue weighted by Gasteiger charge is -2.20. The monoisotopic (exact) mass is 204 g/mol. The molecule has 0 bridgehead atoms. The number of hydrogen-bond donors (Lipinski definition) is 2. The average Bonchev–Trinajstić information content (AvgIpc) is 2.16. The van der Waals surface area contributed by atoms with Gasteiger partial charge in [-0.2, -0.15) is 0 Å². The van der Waals surface area contributed by atoms with E-state index in [-0.39, 0.29) is 6.61 Å². The summed E-state index contributed by atoms with van der Waals surface area (Å²) in [6, 6.07) is 0.599. The molecular weight excluding hydrogens is 180 g/mol. The number of hydrogen-bond acceptors (Lipinski definition) is 4. The van der Waals surface area contributed by atoms with Gasteiger partial charge in [-0.15, -0.1) is 0 Å². The average molecular weight is 204 g/mol. The number of rotatable bonds is 9. The molecule has 0 radical (unpaired) electrons. The van der Waals surface area contributed by atoms with Gasteiger partial charge in [0.2, 0.25) is 0 Å². The molecule has 0 aliphatic carbocycles. The van der Waals surface area contributed by atoms with Gasteiger partial charge in [0.1, 0.15) is 0 Å². The Bertz CT molecular complexity index is 121. The largest absolute Gasteiger partial charge is 0.394 e. The van der Waals surface area contributed by atoms with E-state index in [2.05, 4.69) is 31.1 Å². The lowest BCUT2D eigenvalue weighted by Crippen LogP contribution is -2.34. The molecule has 0 aromatic rings. The van der Waals surface area contributed by atoms with Crippen molar-refractivity contribution in [1.29, 1.82) is 0 Å². The van der Waals surface area contributed by atoms with Gasteiger partial charge >= 0.3 is 0 Å². The van der Waals surface area contributed by atoms with Gasteiger partial charge in [-0.1, -0.05) is 0 Å². The lowest BCUT2D eigenvalue weighted by molar-refractivity contribution is 0.0935.